The van der Waals surface area contributed by atoms with Crippen molar-refractivity contribution in [1.29, 1.82) is 0 Å². The van der Waals surface area contributed by atoms with Gasteiger partial charge in [0.15, 0.2) is 9.84 Å². The average Bonchev–Trinajstić information content (AvgIpc) is 2.62. The fourth-order valence-corrected chi connectivity index (χ4v) is 3.28. The molecule has 0 aliphatic carbocycles. The Morgan fingerprint density at radius 2 is 2.44 bits per heavy atom. The standard InChI is InChI=1S/C10H15N3O4S/c1-7-4-10(17-13-7)12-9(14)5-8-6-18(15,16)3-2-11-8/h4,8,11H,2-3,5-6H2,1H3,(H,12,14). The van der Waals surface area contributed by atoms with Gasteiger partial charge < -0.3 is 9.84 Å². The van der Waals surface area contributed by atoms with E-state index in [0.29, 0.717) is 12.2 Å². The van der Waals surface area contributed by atoms with Gasteiger partial charge in [0.1, 0.15) is 0 Å². The number of sulfone groups is 1. The van der Waals surface area contributed by atoms with Gasteiger partial charge in [-0.2, -0.15) is 0 Å². The van der Waals surface area contributed by atoms with Crippen molar-refractivity contribution in [1.82, 2.24) is 10.5 Å². The summed E-state index contributed by atoms with van der Waals surface area (Å²) in [4.78, 5) is 11.7. The fourth-order valence-electron chi connectivity index (χ4n) is 1.83. The predicted octanol–water partition coefficient (Wildman–Crippen LogP) is -0.302. The number of hydrogen-bond donors (Lipinski definition) is 2. The average molecular weight is 273 g/mol. The van der Waals surface area contributed by atoms with Crippen LogP contribution in [0, 0.1) is 6.92 Å². The van der Waals surface area contributed by atoms with Crippen molar-refractivity contribution >= 4 is 21.6 Å². The third-order valence-electron chi connectivity index (χ3n) is 2.62. The molecule has 0 saturated carbocycles. The zero-order valence-corrected chi connectivity index (χ0v) is 10.8. The van der Waals surface area contributed by atoms with Crippen molar-refractivity contribution in [3.05, 3.63) is 11.8 Å². The highest BCUT2D eigenvalue weighted by Crippen LogP contribution is 2.10. The van der Waals surface area contributed by atoms with E-state index in [0.717, 1.165) is 0 Å². The SMILES string of the molecule is Cc1cc(NC(=O)CC2CS(=O)(=O)CCN2)on1. The number of carbonyl (C=O) groups excluding carboxylic acids is 1. The van der Waals surface area contributed by atoms with E-state index in [1.807, 2.05) is 0 Å². The molecule has 2 rings (SSSR count). The maximum Gasteiger partial charge on any atom is 0.231 e. The molecule has 1 aromatic rings. The van der Waals surface area contributed by atoms with Gasteiger partial charge in [-0.3, -0.25) is 10.1 Å². The molecule has 1 aromatic heterocycles. The molecule has 2 N–H and O–H groups in total. The maximum absolute atomic E-state index is 11.7. The largest absolute Gasteiger partial charge is 0.338 e. The molecule has 2 heterocycles. The van der Waals surface area contributed by atoms with Gasteiger partial charge in [0.25, 0.3) is 0 Å². The second kappa shape index (κ2) is 5.07. The van der Waals surface area contributed by atoms with Gasteiger partial charge in [0, 0.05) is 25.1 Å². The van der Waals surface area contributed by atoms with Gasteiger partial charge in [-0.1, -0.05) is 5.16 Å². The molecule has 7 nitrogen and oxygen atoms in total. The first kappa shape index (κ1) is 13.0. The third kappa shape index (κ3) is 3.54. The van der Waals surface area contributed by atoms with Gasteiger partial charge in [0.2, 0.25) is 11.8 Å². The normalized spacial score (nSPS) is 22.6. The van der Waals surface area contributed by atoms with E-state index in [2.05, 4.69) is 15.8 Å². The molecule has 0 radical (unpaired) electrons. The van der Waals surface area contributed by atoms with Crippen LogP contribution in [0.4, 0.5) is 5.88 Å². The number of nitrogens with one attached hydrogen (secondary N) is 2. The molecular weight excluding hydrogens is 258 g/mol. The summed E-state index contributed by atoms with van der Waals surface area (Å²) in [6.07, 6.45) is 0.0962. The number of aromatic nitrogens is 1. The van der Waals surface area contributed by atoms with Crippen LogP contribution in [-0.4, -0.2) is 43.6 Å². The topological polar surface area (TPSA) is 101 Å². The van der Waals surface area contributed by atoms with E-state index in [4.69, 9.17) is 4.52 Å². The van der Waals surface area contributed by atoms with E-state index < -0.39 is 9.84 Å². The van der Waals surface area contributed by atoms with Crippen molar-refractivity contribution in [2.45, 2.75) is 19.4 Å². The number of anilines is 1. The number of amides is 1. The summed E-state index contributed by atoms with van der Waals surface area (Å²) in [5.74, 6) is 0.111. The van der Waals surface area contributed by atoms with Crippen LogP contribution in [0.15, 0.2) is 10.6 Å². The number of rotatable bonds is 3. The first-order valence-electron chi connectivity index (χ1n) is 5.61. The van der Waals surface area contributed by atoms with Gasteiger partial charge in [0.05, 0.1) is 17.2 Å². The highest BCUT2D eigenvalue weighted by atomic mass is 32.2. The summed E-state index contributed by atoms with van der Waals surface area (Å²) < 4.78 is 27.7. The molecule has 1 fully saturated rings. The zero-order valence-electron chi connectivity index (χ0n) is 9.97. The number of carbonyl (C=O) groups is 1. The first-order chi connectivity index (χ1) is 8.44. The lowest BCUT2D eigenvalue weighted by Gasteiger charge is -2.22. The van der Waals surface area contributed by atoms with Crippen LogP contribution < -0.4 is 10.6 Å². The Hall–Kier alpha value is -1.41. The van der Waals surface area contributed by atoms with Gasteiger partial charge in [-0.15, -0.1) is 0 Å². The minimum atomic E-state index is -3.02. The van der Waals surface area contributed by atoms with Gasteiger partial charge in [-0.05, 0) is 6.92 Å². The van der Waals surface area contributed by atoms with Crippen LogP contribution in [0.25, 0.3) is 0 Å². The van der Waals surface area contributed by atoms with Gasteiger partial charge >= 0.3 is 0 Å². The van der Waals surface area contributed by atoms with Crippen LogP contribution in [-0.2, 0) is 14.6 Å². The van der Waals surface area contributed by atoms with E-state index in [9.17, 15) is 13.2 Å². The van der Waals surface area contributed by atoms with Crippen molar-refractivity contribution in [2.75, 3.05) is 23.4 Å². The Balaban J connectivity index is 1.88. The summed E-state index contributed by atoms with van der Waals surface area (Å²) in [6.45, 7) is 2.14. The van der Waals surface area contributed by atoms with E-state index in [1.54, 1.807) is 13.0 Å². The zero-order chi connectivity index (χ0) is 13.2. The van der Waals surface area contributed by atoms with Crippen LogP contribution in [0.5, 0.6) is 0 Å². The molecule has 100 valence electrons. The molecule has 1 unspecified atom stereocenters. The number of nitrogens with zero attached hydrogens (tertiary/aromatic N) is 1. The second-order valence-electron chi connectivity index (χ2n) is 4.35. The van der Waals surface area contributed by atoms with E-state index >= 15 is 0 Å². The molecule has 18 heavy (non-hydrogen) atoms. The highest BCUT2D eigenvalue weighted by molar-refractivity contribution is 7.91. The Bertz CT molecular complexity index is 537. The van der Waals surface area contributed by atoms with E-state index in [1.165, 1.54) is 0 Å². The minimum Gasteiger partial charge on any atom is -0.338 e. The minimum absolute atomic E-state index is 0.00411. The van der Waals surface area contributed by atoms with Crippen LogP contribution in [0.1, 0.15) is 12.1 Å². The summed E-state index contributed by atoms with van der Waals surface area (Å²) in [5, 5.41) is 9.18. The van der Waals surface area contributed by atoms with Crippen molar-refractivity contribution in [3.8, 4) is 0 Å². The molecule has 1 saturated heterocycles. The smallest absolute Gasteiger partial charge is 0.231 e. The van der Waals surface area contributed by atoms with Crippen LogP contribution >= 0.6 is 0 Å². The molecule has 0 aromatic carbocycles. The summed E-state index contributed by atoms with van der Waals surface area (Å²) in [7, 11) is -3.02. The van der Waals surface area contributed by atoms with Crippen molar-refractivity contribution < 1.29 is 17.7 Å². The molecule has 0 spiro atoms. The van der Waals surface area contributed by atoms with Gasteiger partial charge in [-0.25, -0.2) is 8.42 Å². The number of aryl methyl sites for hydroxylation is 1. The molecular formula is C10H15N3O4S. The molecule has 1 aliphatic heterocycles. The number of hydrogen-bond acceptors (Lipinski definition) is 6. The summed E-state index contributed by atoms with van der Waals surface area (Å²) in [5.41, 5.74) is 0.670. The first-order valence-corrected chi connectivity index (χ1v) is 7.44. The maximum atomic E-state index is 11.7. The Labute approximate surface area is 105 Å². The lowest BCUT2D eigenvalue weighted by molar-refractivity contribution is -0.116. The Morgan fingerprint density at radius 1 is 1.67 bits per heavy atom. The molecule has 8 heteroatoms. The van der Waals surface area contributed by atoms with Crippen molar-refractivity contribution in [2.24, 2.45) is 0 Å². The molecule has 0 bridgehead atoms. The van der Waals surface area contributed by atoms with Crippen molar-refractivity contribution in [3.63, 3.8) is 0 Å². The monoisotopic (exact) mass is 273 g/mol. The third-order valence-corrected chi connectivity index (χ3v) is 4.36. The Morgan fingerprint density at radius 3 is 3.06 bits per heavy atom. The molecule has 1 atom stereocenters. The predicted molar refractivity (Wildman–Crippen MR) is 64.9 cm³/mol. The Kier molecular flexibility index (Phi) is 3.67. The lowest BCUT2D eigenvalue weighted by Crippen LogP contribution is -2.46. The molecule has 1 aliphatic rings. The quantitative estimate of drug-likeness (QED) is 0.784. The summed E-state index contributed by atoms with van der Waals surface area (Å²) in [6, 6.07) is 1.26. The highest BCUT2D eigenvalue weighted by Gasteiger charge is 2.26. The lowest BCUT2D eigenvalue weighted by atomic mass is 10.2. The second-order valence-corrected chi connectivity index (χ2v) is 6.58. The fraction of sp³-hybridized carbons (Fsp3) is 0.600. The van der Waals surface area contributed by atoms with E-state index in [-0.39, 0.29) is 35.8 Å². The molecule has 1 amide bonds. The summed E-state index contributed by atoms with van der Waals surface area (Å²) >= 11 is 0. The van der Waals surface area contributed by atoms with Crippen LogP contribution in [0.3, 0.4) is 0 Å². The van der Waals surface area contributed by atoms with Crippen LogP contribution in [0.2, 0.25) is 0 Å².